The minimum Gasteiger partial charge on any atom is -0.497 e. The van der Waals surface area contributed by atoms with E-state index in [0.29, 0.717) is 43.1 Å². The maximum absolute atomic E-state index is 12.8. The first-order valence-corrected chi connectivity index (χ1v) is 10.9. The third-order valence-electron chi connectivity index (χ3n) is 5.10. The van der Waals surface area contributed by atoms with E-state index >= 15 is 0 Å². The van der Waals surface area contributed by atoms with Crippen LogP contribution in [0.5, 0.6) is 11.5 Å². The molecule has 1 amide bonds. The Morgan fingerprint density at radius 2 is 1.55 bits per heavy atom. The van der Waals surface area contributed by atoms with Crippen LogP contribution in [0.2, 0.25) is 0 Å². The van der Waals surface area contributed by atoms with E-state index in [1.165, 1.54) is 4.31 Å². The summed E-state index contributed by atoms with van der Waals surface area (Å²) in [6, 6.07) is 12.0. The van der Waals surface area contributed by atoms with E-state index in [0.717, 1.165) is 5.56 Å². The molecule has 0 atom stereocenters. The van der Waals surface area contributed by atoms with Crippen molar-refractivity contribution < 1.29 is 22.7 Å². The molecule has 1 heterocycles. The van der Waals surface area contributed by atoms with Gasteiger partial charge < -0.3 is 14.8 Å². The van der Waals surface area contributed by atoms with Crippen LogP contribution in [0.1, 0.15) is 18.4 Å². The predicted octanol–water partition coefficient (Wildman–Crippen LogP) is 3.05. The van der Waals surface area contributed by atoms with Gasteiger partial charge >= 0.3 is 0 Å². The second kappa shape index (κ2) is 8.84. The largest absolute Gasteiger partial charge is 0.497 e. The molecule has 7 nitrogen and oxygen atoms in total. The number of benzene rings is 2. The molecule has 1 saturated heterocycles. The fraction of sp³-hybridized carbons (Fsp3) is 0.381. The molecule has 0 spiro atoms. The molecule has 0 saturated carbocycles. The Morgan fingerprint density at radius 1 is 1.00 bits per heavy atom. The van der Waals surface area contributed by atoms with E-state index in [9.17, 15) is 13.2 Å². The molecule has 156 valence electrons. The van der Waals surface area contributed by atoms with Crippen LogP contribution in [-0.2, 0) is 14.8 Å². The topological polar surface area (TPSA) is 84.9 Å². The zero-order valence-electron chi connectivity index (χ0n) is 16.8. The van der Waals surface area contributed by atoms with Gasteiger partial charge in [-0.1, -0.05) is 17.7 Å². The highest BCUT2D eigenvalue weighted by Gasteiger charge is 2.32. The SMILES string of the molecule is COc1cc(NC(=O)C2CCN(S(=O)(=O)c3ccc(C)cc3)CC2)cc(OC)c1. The van der Waals surface area contributed by atoms with E-state index in [1.54, 1.807) is 56.7 Å². The number of hydrogen-bond donors (Lipinski definition) is 1. The molecule has 29 heavy (non-hydrogen) atoms. The maximum Gasteiger partial charge on any atom is 0.243 e. The van der Waals surface area contributed by atoms with Gasteiger partial charge in [0, 0.05) is 42.9 Å². The van der Waals surface area contributed by atoms with Gasteiger partial charge in [0.25, 0.3) is 0 Å². The lowest BCUT2D eigenvalue weighted by molar-refractivity contribution is -0.120. The average molecular weight is 419 g/mol. The first kappa shape index (κ1) is 21.1. The lowest BCUT2D eigenvalue weighted by atomic mass is 9.97. The van der Waals surface area contributed by atoms with E-state index in [1.807, 2.05) is 6.92 Å². The van der Waals surface area contributed by atoms with Gasteiger partial charge in [0.2, 0.25) is 15.9 Å². The molecule has 2 aromatic rings. The number of piperidine rings is 1. The lowest BCUT2D eigenvalue weighted by Crippen LogP contribution is -2.41. The number of aryl methyl sites for hydroxylation is 1. The maximum atomic E-state index is 12.8. The summed E-state index contributed by atoms with van der Waals surface area (Å²) in [5, 5.41) is 2.89. The Hall–Kier alpha value is -2.58. The monoisotopic (exact) mass is 418 g/mol. The highest BCUT2D eigenvalue weighted by Crippen LogP contribution is 2.28. The molecule has 1 aliphatic rings. The van der Waals surface area contributed by atoms with Gasteiger partial charge in [-0.3, -0.25) is 4.79 Å². The number of methoxy groups -OCH3 is 2. The first-order valence-electron chi connectivity index (χ1n) is 9.44. The molecule has 0 aliphatic carbocycles. The van der Waals surface area contributed by atoms with Crippen molar-refractivity contribution in [3.63, 3.8) is 0 Å². The number of carbonyl (C=O) groups excluding carboxylic acids is 1. The number of ether oxygens (including phenoxy) is 2. The third kappa shape index (κ3) is 4.89. The summed E-state index contributed by atoms with van der Waals surface area (Å²) in [5.41, 5.74) is 1.59. The van der Waals surface area contributed by atoms with E-state index in [-0.39, 0.29) is 16.7 Å². The summed E-state index contributed by atoms with van der Waals surface area (Å²) in [5.74, 6) is 0.779. The van der Waals surface area contributed by atoms with Gasteiger partial charge in [-0.25, -0.2) is 8.42 Å². The molecule has 1 fully saturated rings. The summed E-state index contributed by atoms with van der Waals surface area (Å²) in [7, 11) is -0.444. The van der Waals surface area contributed by atoms with Crippen molar-refractivity contribution in [3.05, 3.63) is 48.0 Å². The zero-order valence-corrected chi connectivity index (χ0v) is 17.7. The number of sulfonamides is 1. The van der Waals surface area contributed by atoms with Crippen LogP contribution in [-0.4, -0.2) is 45.9 Å². The molecular weight excluding hydrogens is 392 g/mol. The van der Waals surface area contributed by atoms with E-state index in [2.05, 4.69) is 5.32 Å². The molecule has 1 N–H and O–H groups in total. The van der Waals surface area contributed by atoms with Crippen LogP contribution in [0.3, 0.4) is 0 Å². The summed E-state index contributed by atoms with van der Waals surface area (Å²) >= 11 is 0. The fourth-order valence-electron chi connectivity index (χ4n) is 3.34. The fourth-order valence-corrected chi connectivity index (χ4v) is 4.81. The van der Waals surface area contributed by atoms with Crippen molar-refractivity contribution in [2.45, 2.75) is 24.7 Å². The van der Waals surface area contributed by atoms with Gasteiger partial charge in [0.05, 0.1) is 19.1 Å². The number of nitrogens with zero attached hydrogens (tertiary/aromatic N) is 1. The molecular formula is C21H26N2O5S. The van der Waals surface area contributed by atoms with Gasteiger partial charge in [0.15, 0.2) is 0 Å². The summed E-state index contributed by atoms with van der Waals surface area (Å²) in [4.78, 5) is 13.0. The molecule has 0 bridgehead atoms. The highest BCUT2D eigenvalue weighted by atomic mass is 32.2. The van der Waals surface area contributed by atoms with Crippen molar-refractivity contribution in [1.82, 2.24) is 4.31 Å². The number of amides is 1. The van der Waals surface area contributed by atoms with Gasteiger partial charge in [-0.2, -0.15) is 4.31 Å². The predicted molar refractivity (Wildman–Crippen MR) is 111 cm³/mol. The van der Waals surface area contributed by atoms with Crippen molar-refractivity contribution >= 4 is 21.6 Å². The van der Waals surface area contributed by atoms with Crippen molar-refractivity contribution in [2.24, 2.45) is 5.92 Å². The third-order valence-corrected chi connectivity index (χ3v) is 7.02. The molecule has 3 rings (SSSR count). The van der Waals surface area contributed by atoms with Crippen molar-refractivity contribution in [2.75, 3.05) is 32.6 Å². The Kier molecular flexibility index (Phi) is 6.44. The Labute approximate surface area is 171 Å². The van der Waals surface area contributed by atoms with Crippen molar-refractivity contribution in [1.29, 1.82) is 0 Å². The molecule has 8 heteroatoms. The van der Waals surface area contributed by atoms with Gasteiger partial charge in [-0.15, -0.1) is 0 Å². The van der Waals surface area contributed by atoms with E-state index < -0.39 is 10.0 Å². The van der Waals surface area contributed by atoms with Crippen LogP contribution in [0.25, 0.3) is 0 Å². The van der Waals surface area contributed by atoms with Crippen LogP contribution in [0.15, 0.2) is 47.4 Å². The van der Waals surface area contributed by atoms with Crippen LogP contribution in [0, 0.1) is 12.8 Å². The highest BCUT2D eigenvalue weighted by molar-refractivity contribution is 7.89. The Morgan fingerprint density at radius 3 is 2.07 bits per heavy atom. The minimum absolute atomic E-state index is 0.132. The number of rotatable bonds is 6. The van der Waals surface area contributed by atoms with Crippen molar-refractivity contribution in [3.8, 4) is 11.5 Å². The summed E-state index contributed by atoms with van der Waals surface area (Å²) in [6.07, 6.45) is 0.941. The normalized spacial score (nSPS) is 15.7. The van der Waals surface area contributed by atoms with Gasteiger partial charge in [0.1, 0.15) is 11.5 Å². The van der Waals surface area contributed by atoms with E-state index in [4.69, 9.17) is 9.47 Å². The molecule has 0 radical (unpaired) electrons. The standard InChI is InChI=1S/C21H26N2O5S/c1-15-4-6-20(7-5-15)29(25,26)23-10-8-16(9-11-23)21(24)22-17-12-18(27-2)14-19(13-17)28-3/h4-7,12-14,16H,8-11H2,1-3H3,(H,22,24). The molecule has 0 aromatic heterocycles. The number of anilines is 1. The minimum atomic E-state index is -3.54. The molecule has 2 aromatic carbocycles. The molecule has 1 aliphatic heterocycles. The van der Waals surface area contributed by atoms with Crippen LogP contribution < -0.4 is 14.8 Å². The summed E-state index contributed by atoms with van der Waals surface area (Å²) in [6.45, 7) is 2.55. The molecule has 0 unspecified atom stereocenters. The summed E-state index contributed by atoms with van der Waals surface area (Å²) < 4.78 is 37.5. The zero-order chi connectivity index (χ0) is 21.0. The van der Waals surface area contributed by atoms with Crippen LogP contribution in [0.4, 0.5) is 5.69 Å². The second-order valence-corrected chi connectivity index (χ2v) is 9.02. The van der Waals surface area contributed by atoms with Gasteiger partial charge in [-0.05, 0) is 31.9 Å². The number of nitrogens with one attached hydrogen (secondary N) is 1. The lowest BCUT2D eigenvalue weighted by Gasteiger charge is -2.30. The Balaban J connectivity index is 1.63. The van der Waals surface area contributed by atoms with Crippen LogP contribution >= 0.6 is 0 Å². The number of hydrogen-bond acceptors (Lipinski definition) is 5. The first-order chi connectivity index (χ1) is 13.8. The quantitative estimate of drug-likeness (QED) is 0.779. The second-order valence-electron chi connectivity index (χ2n) is 7.08. The smallest absolute Gasteiger partial charge is 0.243 e. The Bertz CT molecular complexity index is 943. The number of carbonyl (C=O) groups is 1. The average Bonchev–Trinajstić information content (AvgIpc) is 2.73.